The number of ether oxygens (including phenoxy) is 1. The number of hydrogen-bond acceptors (Lipinski definition) is 3. The van der Waals surface area contributed by atoms with Gasteiger partial charge in [-0.3, -0.25) is 9.69 Å². The maximum Gasteiger partial charge on any atom is 0.145 e. The topological polar surface area (TPSA) is 29.5 Å². The van der Waals surface area contributed by atoms with Crippen LogP contribution in [0.25, 0.3) is 0 Å². The van der Waals surface area contributed by atoms with Crippen molar-refractivity contribution in [3.05, 3.63) is 0 Å². The lowest BCUT2D eigenvalue weighted by Gasteiger charge is -2.32. The van der Waals surface area contributed by atoms with Crippen molar-refractivity contribution in [2.45, 2.75) is 33.6 Å². The van der Waals surface area contributed by atoms with E-state index in [1.807, 2.05) is 20.8 Å². The van der Waals surface area contributed by atoms with Crippen molar-refractivity contribution < 1.29 is 9.53 Å². The van der Waals surface area contributed by atoms with Gasteiger partial charge in [0.25, 0.3) is 0 Å². The first kappa shape index (κ1) is 12.1. The molecule has 3 heteroatoms. The molecule has 2 rings (SSSR count). The number of nitrogens with zero attached hydrogens (tertiary/aromatic N) is 1. The Morgan fingerprint density at radius 2 is 1.81 bits per heavy atom. The molecule has 0 aromatic heterocycles. The number of carbonyl (C=O) groups excluding carboxylic acids is 1. The zero-order valence-corrected chi connectivity index (χ0v) is 10.7. The maximum absolute atomic E-state index is 12.4. The summed E-state index contributed by atoms with van der Waals surface area (Å²) in [5.41, 5.74) is -0.210. The molecule has 0 aromatic carbocycles. The normalized spacial score (nSPS) is 25.4. The molecule has 1 aliphatic carbocycles. The molecule has 2 fully saturated rings. The van der Waals surface area contributed by atoms with E-state index in [-0.39, 0.29) is 10.8 Å². The molecule has 0 bridgehead atoms. The second-order valence-corrected chi connectivity index (χ2v) is 6.25. The predicted octanol–water partition coefficient (Wildman–Crippen LogP) is 1.71. The number of ketones is 1. The summed E-state index contributed by atoms with van der Waals surface area (Å²) in [5, 5.41) is 0. The summed E-state index contributed by atoms with van der Waals surface area (Å²) in [4.78, 5) is 14.8. The van der Waals surface area contributed by atoms with E-state index in [9.17, 15) is 4.79 Å². The van der Waals surface area contributed by atoms with Crippen molar-refractivity contribution in [3.8, 4) is 0 Å². The van der Waals surface area contributed by atoms with Gasteiger partial charge in [0.15, 0.2) is 0 Å². The average molecular weight is 225 g/mol. The number of Topliss-reactive ketones (excluding diaryl/α,β-unsaturated/α-hetero) is 1. The molecule has 1 aliphatic heterocycles. The predicted molar refractivity (Wildman–Crippen MR) is 63.4 cm³/mol. The van der Waals surface area contributed by atoms with Gasteiger partial charge < -0.3 is 4.74 Å². The summed E-state index contributed by atoms with van der Waals surface area (Å²) in [7, 11) is 0. The van der Waals surface area contributed by atoms with Crippen molar-refractivity contribution >= 4 is 5.78 Å². The Bertz CT molecular complexity index is 270. The standard InChI is InChI=1S/C13H23NO2/c1-12(2,3)11(15)13(4-5-13)10-14-6-8-16-9-7-14/h4-10H2,1-3H3. The third-order valence-electron chi connectivity index (χ3n) is 3.65. The minimum absolute atomic E-state index is 0.0183. The maximum atomic E-state index is 12.4. The highest BCUT2D eigenvalue weighted by Crippen LogP contribution is 2.51. The summed E-state index contributed by atoms with van der Waals surface area (Å²) >= 11 is 0. The van der Waals surface area contributed by atoms with E-state index in [1.54, 1.807) is 0 Å². The molecule has 92 valence electrons. The number of carbonyl (C=O) groups is 1. The van der Waals surface area contributed by atoms with Crippen molar-refractivity contribution in [3.63, 3.8) is 0 Å². The van der Waals surface area contributed by atoms with Crippen LogP contribution in [0.5, 0.6) is 0 Å². The van der Waals surface area contributed by atoms with Gasteiger partial charge in [-0.2, -0.15) is 0 Å². The Morgan fingerprint density at radius 1 is 1.25 bits per heavy atom. The first-order valence-corrected chi connectivity index (χ1v) is 6.29. The van der Waals surface area contributed by atoms with Gasteiger partial charge in [0.05, 0.1) is 13.2 Å². The van der Waals surface area contributed by atoms with Crippen LogP contribution >= 0.6 is 0 Å². The van der Waals surface area contributed by atoms with Gasteiger partial charge >= 0.3 is 0 Å². The minimum Gasteiger partial charge on any atom is -0.379 e. The zero-order valence-electron chi connectivity index (χ0n) is 10.7. The largest absolute Gasteiger partial charge is 0.379 e. The number of morpholine rings is 1. The molecule has 0 radical (unpaired) electrons. The smallest absolute Gasteiger partial charge is 0.145 e. The lowest BCUT2D eigenvalue weighted by Crippen LogP contribution is -2.44. The molecule has 1 heterocycles. The quantitative estimate of drug-likeness (QED) is 0.732. The molecule has 3 nitrogen and oxygen atoms in total. The van der Waals surface area contributed by atoms with Crippen LogP contribution in [0, 0.1) is 10.8 Å². The molecule has 0 unspecified atom stereocenters. The molecule has 0 atom stereocenters. The Balaban J connectivity index is 1.95. The first-order valence-electron chi connectivity index (χ1n) is 6.29. The first-order chi connectivity index (χ1) is 7.44. The summed E-state index contributed by atoms with van der Waals surface area (Å²) in [6, 6.07) is 0. The van der Waals surface area contributed by atoms with Gasteiger partial charge in [-0.05, 0) is 12.8 Å². The van der Waals surface area contributed by atoms with E-state index >= 15 is 0 Å². The lowest BCUT2D eigenvalue weighted by atomic mass is 9.80. The van der Waals surface area contributed by atoms with Crippen molar-refractivity contribution in [1.82, 2.24) is 4.90 Å². The van der Waals surface area contributed by atoms with Crippen LogP contribution in [0.1, 0.15) is 33.6 Å². The molecule has 0 spiro atoms. The molecule has 2 aliphatic rings. The Morgan fingerprint density at radius 3 is 2.25 bits per heavy atom. The second kappa shape index (κ2) is 4.11. The van der Waals surface area contributed by atoms with E-state index in [1.165, 1.54) is 0 Å². The van der Waals surface area contributed by atoms with Crippen molar-refractivity contribution in [2.75, 3.05) is 32.8 Å². The SMILES string of the molecule is CC(C)(C)C(=O)C1(CN2CCOCC2)CC1. The van der Waals surface area contributed by atoms with E-state index in [4.69, 9.17) is 4.74 Å². The Hall–Kier alpha value is -0.410. The summed E-state index contributed by atoms with van der Waals surface area (Å²) in [6.07, 6.45) is 2.17. The van der Waals surface area contributed by atoms with Gasteiger partial charge in [0, 0.05) is 30.5 Å². The van der Waals surface area contributed by atoms with E-state index in [0.717, 1.165) is 45.7 Å². The van der Waals surface area contributed by atoms with Crippen LogP contribution < -0.4 is 0 Å². The van der Waals surface area contributed by atoms with Crippen LogP contribution in [-0.4, -0.2) is 43.5 Å². The van der Waals surface area contributed by atoms with Crippen molar-refractivity contribution in [1.29, 1.82) is 0 Å². The van der Waals surface area contributed by atoms with Gasteiger partial charge in [0.1, 0.15) is 5.78 Å². The third-order valence-corrected chi connectivity index (χ3v) is 3.65. The summed E-state index contributed by atoms with van der Waals surface area (Å²) < 4.78 is 5.34. The fraction of sp³-hybridized carbons (Fsp3) is 0.923. The Labute approximate surface area is 98.1 Å². The molecule has 0 amide bonds. The summed E-state index contributed by atoms with van der Waals surface area (Å²) in [5.74, 6) is 0.450. The molecule has 1 saturated heterocycles. The Kier molecular flexibility index (Phi) is 3.10. The highest BCUT2D eigenvalue weighted by molar-refractivity contribution is 5.91. The lowest BCUT2D eigenvalue weighted by molar-refractivity contribution is -0.133. The van der Waals surface area contributed by atoms with E-state index < -0.39 is 0 Å². The van der Waals surface area contributed by atoms with E-state index in [0.29, 0.717) is 5.78 Å². The number of hydrogen-bond donors (Lipinski definition) is 0. The van der Waals surface area contributed by atoms with Gasteiger partial charge in [0.2, 0.25) is 0 Å². The van der Waals surface area contributed by atoms with Crippen LogP contribution in [0.4, 0.5) is 0 Å². The fourth-order valence-corrected chi connectivity index (χ4v) is 2.59. The highest BCUT2D eigenvalue weighted by atomic mass is 16.5. The monoisotopic (exact) mass is 225 g/mol. The molecule has 16 heavy (non-hydrogen) atoms. The van der Waals surface area contributed by atoms with E-state index in [2.05, 4.69) is 4.90 Å². The molecule has 0 aromatic rings. The summed E-state index contributed by atoms with van der Waals surface area (Å²) in [6.45, 7) is 10.7. The van der Waals surface area contributed by atoms with Crippen LogP contribution in [0.2, 0.25) is 0 Å². The van der Waals surface area contributed by atoms with Crippen LogP contribution in [-0.2, 0) is 9.53 Å². The number of rotatable bonds is 3. The third kappa shape index (κ3) is 2.46. The second-order valence-electron chi connectivity index (χ2n) is 6.25. The van der Waals surface area contributed by atoms with Crippen molar-refractivity contribution in [2.24, 2.45) is 10.8 Å². The zero-order chi connectivity index (χ0) is 11.8. The van der Waals surface area contributed by atoms with Gasteiger partial charge in [-0.15, -0.1) is 0 Å². The van der Waals surface area contributed by atoms with Crippen LogP contribution in [0.3, 0.4) is 0 Å². The molecular weight excluding hydrogens is 202 g/mol. The molecular formula is C13H23NO2. The molecule has 1 saturated carbocycles. The average Bonchev–Trinajstić information content (AvgIpc) is 2.98. The fourth-order valence-electron chi connectivity index (χ4n) is 2.59. The van der Waals surface area contributed by atoms with Gasteiger partial charge in [-0.25, -0.2) is 0 Å². The minimum atomic E-state index is -0.192. The highest BCUT2D eigenvalue weighted by Gasteiger charge is 2.53. The molecule has 0 N–H and O–H groups in total. The van der Waals surface area contributed by atoms with Gasteiger partial charge in [-0.1, -0.05) is 20.8 Å². The van der Waals surface area contributed by atoms with Crippen LogP contribution in [0.15, 0.2) is 0 Å².